The van der Waals surface area contributed by atoms with E-state index in [1.165, 1.54) is 18.2 Å². The molecule has 0 saturated heterocycles. The first kappa shape index (κ1) is 14.7. The Kier molecular flexibility index (Phi) is 4.63. The van der Waals surface area contributed by atoms with Gasteiger partial charge in [-0.1, -0.05) is 36.4 Å². The van der Waals surface area contributed by atoms with Crippen LogP contribution in [0.3, 0.4) is 0 Å². The minimum atomic E-state index is -0.702. The van der Waals surface area contributed by atoms with Crippen molar-refractivity contribution in [1.82, 2.24) is 0 Å². The van der Waals surface area contributed by atoms with E-state index in [0.29, 0.717) is 0 Å². The predicted molar refractivity (Wildman–Crippen MR) is 74.6 cm³/mol. The molecule has 0 aromatic heterocycles. The number of aliphatic hydroxyl groups excluding tert-OH is 1. The van der Waals surface area contributed by atoms with Gasteiger partial charge >= 0.3 is 5.97 Å². The first-order valence-electron chi connectivity index (χ1n) is 6.21. The van der Waals surface area contributed by atoms with Gasteiger partial charge in [0.15, 0.2) is 0 Å². The summed E-state index contributed by atoms with van der Waals surface area (Å²) < 4.78 is 5.12. The third-order valence-electron chi connectivity index (χ3n) is 2.94. The lowest BCUT2D eigenvalue weighted by Crippen LogP contribution is -2.10. The van der Waals surface area contributed by atoms with Crippen LogP contribution in [0.25, 0.3) is 0 Å². The van der Waals surface area contributed by atoms with Gasteiger partial charge in [0.2, 0.25) is 0 Å². The molecule has 0 saturated carbocycles. The van der Waals surface area contributed by atoms with Gasteiger partial charge in [0.05, 0.1) is 22.7 Å². The molecule has 0 spiro atoms. The summed E-state index contributed by atoms with van der Waals surface area (Å²) in [6.07, 6.45) is 0. The smallest absolute Gasteiger partial charge is 0.339 e. The highest BCUT2D eigenvalue weighted by Crippen LogP contribution is 2.23. The zero-order chi connectivity index (χ0) is 15.2. The van der Waals surface area contributed by atoms with Crippen LogP contribution in [-0.2, 0) is 18.0 Å². The molecule has 0 aliphatic rings. The fourth-order valence-electron chi connectivity index (χ4n) is 1.90. The molecule has 0 aliphatic carbocycles. The van der Waals surface area contributed by atoms with E-state index in [2.05, 4.69) is 0 Å². The highest BCUT2D eigenvalue weighted by Gasteiger charge is 2.21. The molecule has 0 amide bonds. The third kappa shape index (κ3) is 3.43. The van der Waals surface area contributed by atoms with Crippen molar-refractivity contribution in [1.29, 1.82) is 0 Å². The van der Waals surface area contributed by atoms with Gasteiger partial charge in [-0.25, -0.2) is 4.79 Å². The number of hydrogen-bond donors (Lipinski definition) is 1. The molecule has 1 N–H and O–H groups in total. The monoisotopic (exact) mass is 287 g/mol. The standard InChI is InChI=1S/C15H13NO5/c17-9-13-12(7-4-8-14(13)16(19)20)15(18)21-10-11-5-2-1-3-6-11/h1-8,17H,9-10H2. The average Bonchev–Trinajstić information content (AvgIpc) is 2.52. The number of benzene rings is 2. The maximum Gasteiger partial charge on any atom is 0.339 e. The Balaban J connectivity index is 2.19. The van der Waals surface area contributed by atoms with E-state index in [1.54, 1.807) is 12.1 Å². The van der Waals surface area contributed by atoms with Crippen molar-refractivity contribution < 1.29 is 19.6 Å². The Labute approximate surface area is 120 Å². The quantitative estimate of drug-likeness (QED) is 0.518. The number of ether oxygens (including phenoxy) is 1. The number of hydrogen-bond acceptors (Lipinski definition) is 5. The summed E-state index contributed by atoms with van der Waals surface area (Å²) in [4.78, 5) is 22.3. The van der Waals surface area contributed by atoms with E-state index < -0.39 is 17.5 Å². The van der Waals surface area contributed by atoms with Crippen LogP contribution in [0.2, 0.25) is 0 Å². The van der Waals surface area contributed by atoms with Gasteiger partial charge in [0.25, 0.3) is 5.69 Å². The number of carbonyl (C=O) groups excluding carboxylic acids is 1. The van der Waals surface area contributed by atoms with Crippen molar-refractivity contribution >= 4 is 11.7 Å². The first-order valence-corrected chi connectivity index (χ1v) is 6.21. The number of carbonyl (C=O) groups is 1. The minimum Gasteiger partial charge on any atom is -0.457 e. The fourth-order valence-corrected chi connectivity index (χ4v) is 1.90. The summed E-state index contributed by atoms with van der Waals surface area (Å²) >= 11 is 0. The predicted octanol–water partition coefficient (Wildman–Crippen LogP) is 2.44. The highest BCUT2D eigenvalue weighted by atomic mass is 16.6. The molecule has 6 heteroatoms. The van der Waals surface area contributed by atoms with Crippen molar-refractivity contribution in [2.75, 3.05) is 0 Å². The van der Waals surface area contributed by atoms with Gasteiger partial charge in [-0.05, 0) is 11.6 Å². The minimum absolute atomic E-state index is 0.00244. The topological polar surface area (TPSA) is 89.7 Å². The molecule has 0 unspecified atom stereocenters. The van der Waals surface area contributed by atoms with Crippen LogP contribution >= 0.6 is 0 Å². The van der Waals surface area contributed by atoms with Crippen LogP contribution in [0, 0.1) is 10.1 Å². The van der Waals surface area contributed by atoms with Gasteiger partial charge in [0, 0.05) is 6.07 Å². The van der Waals surface area contributed by atoms with E-state index in [4.69, 9.17) is 4.74 Å². The fraction of sp³-hybridized carbons (Fsp3) is 0.133. The van der Waals surface area contributed by atoms with Crippen molar-refractivity contribution in [2.24, 2.45) is 0 Å². The van der Waals surface area contributed by atoms with Crippen LogP contribution < -0.4 is 0 Å². The summed E-state index contributed by atoms with van der Waals surface area (Å²) in [6, 6.07) is 13.1. The van der Waals surface area contributed by atoms with E-state index >= 15 is 0 Å². The summed E-state index contributed by atoms with van der Waals surface area (Å²) in [7, 11) is 0. The van der Waals surface area contributed by atoms with Crippen LogP contribution in [0.1, 0.15) is 21.5 Å². The van der Waals surface area contributed by atoms with Gasteiger partial charge in [-0.2, -0.15) is 0 Å². The number of rotatable bonds is 5. The third-order valence-corrected chi connectivity index (χ3v) is 2.94. The van der Waals surface area contributed by atoms with Crippen LogP contribution in [-0.4, -0.2) is 16.0 Å². The molecule has 108 valence electrons. The van der Waals surface area contributed by atoms with E-state index in [1.807, 2.05) is 18.2 Å². The number of nitro groups is 1. The van der Waals surface area contributed by atoms with Crippen molar-refractivity contribution in [3.05, 3.63) is 75.3 Å². The Morgan fingerprint density at radius 1 is 1.14 bits per heavy atom. The maximum absolute atomic E-state index is 12.0. The molecule has 0 bridgehead atoms. The van der Waals surface area contributed by atoms with E-state index in [-0.39, 0.29) is 23.4 Å². The number of nitro benzene ring substituents is 1. The SMILES string of the molecule is O=C(OCc1ccccc1)c1cccc([N+](=O)[O-])c1CO. The normalized spacial score (nSPS) is 10.1. The number of esters is 1. The summed E-state index contributed by atoms with van der Waals surface area (Å²) in [5.74, 6) is -0.702. The molecule has 2 aromatic carbocycles. The van der Waals surface area contributed by atoms with Crippen molar-refractivity contribution in [3.63, 3.8) is 0 Å². The van der Waals surface area contributed by atoms with Crippen molar-refractivity contribution in [2.45, 2.75) is 13.2 Å². The Bertz CT molecular complexity index is 654. The maximum atomic E-state index is 12.0. The molecule has 0 radical (unpaired) electrons. The first-order chi connectivity index (χ1) is 10.1. The molecule has 2 aromatic rings. The Morgan fingerprint density at radius 3 is 2.48 bits per heavy atom. The van der Waals surface area contributed by atoms with E-state index in [0.717, 1.165) is 5.56 Å². The largest absolute Gasteiger partial charge is 0.457 e. The second-order valence-corrected chi connectivity index (χ2v) is 4.28. The highest BCUT2D eigenvalue weighted by molar-refractivity contribution is 5.92. The van der Waals surface area contributed by atoms with Gasteiger partial charge in [-0.15, -0.1) is 0 Å². The molecule has 6 nitrogen and oxygen atoms in total. The average molecular weight is 287 g/mol. The molecular formula is C15H13NO5. The van der Waals surface area contributed by atoms with Crippen molar-refractivity contribution in [3.8, 4) is 0 Å². The van der Waals surface area contributed by atoms with Crippen LogP contribution in [0.15, 0.2) is 48.5 Å². The summed E-state index contributed by atoms with van der Waals surface area (Å²) in [6.45, 7) is -0.542. The molecule has 0 aliphatic heterocycles. The second kappa shape index (κ2) is 6.62. The zero-order valence-corrected chi connectivity index (χ0v) is 11.1. The molecular weight excluding hydrogens is 274 g/mol. The molecule has 0 fully saturated rings. The van der Waals surface area contributed by atoms with E-state index in [9.17, 15) is 20.0 Å². The lowest BCUT2D eigenvalue weighted by atomic mass is 10.1. The molecule has 0 atom stereocenters. The lowest BCUT2D eigenvalue weighted by Gasteiger charge is -2.08. The summed E-state index contributed by atoms with van der Waals surface area (Å²) in [5.41, 5.74) is 0.469. The molecule has 21 heavy (non-hydrogen) atoms. The van der Waals surface area contributed by atoms with Gasteiger partial charge in [0.1, 0.15) is 6.61 Å². The lowest BCUT2D eigenvalue weighted by molar-refractivity contribution is -0.385. The number of nitrogens with zero attached hydrogens (tertiary/aromatic N) is 1. The molecule has 2 rings (SSSR count). The van der Waals surface area contributed by atoms with Crippen LogP contribution in [0.5, 0.6) is 0 Å². The molecule has 0 heterocycles. The van der Waals surface area contributed by atoms with Gasteiger partial charge in [-0.3, -0.25) is 10.1 Å². The Hall–Kier alpha value is -2.73. The van der Waals surface area contributed by atoms with Gasteiger partial charge < -0.3 is 9.84 Å². The van der Waals surface area contributed by atoms with Crippen LogP contribution in [0.4, 0.5) is 5.69 Å². The summed E-state index contributed by atoms with van der Waals surface area (Å²) in [5, 5.41) is 20.1. The number of aliphatic hydroxyl groups is 1. The second-order valence-electron chi connectivity index (χ2n) is 4.28. The zero-order valence-electron chi connectivity index (χ0n) is 11.1. The Morgan fingerprint density at radius 2 is 1.86 bits per heavy atom.